The number of hydrogen-bond acceptors (Lipinski definition) is 0. The van der Waals surface area contributed by atoms with Crippen LogP contribution in [0.15, 0.2) is 60.7 Å². The highest BCUT2D eigenvalue weighted by Gasteiger charge is 2.12. The predicted octanol–water partition coefficient (Wildman–Crippen LogP) is 8.79. The number of benzene rings is 3. The van der Waals surface area contributed by atoms with Gasteiger partial charge in [-0.15, -0.1) is 11.1 Å². The van der Waals surface area contributed by atoms with E-state index in [1.165, 1.54) is 0 Å². The van der Waals surface area contributed by atoms with Gasteiger partial charge in [0.25, 0.3) is 0 Å². The largest absolute Gasteiger partial charge is 0.129 e. The summed E-state index contributed by atoms with van der Waals surface area (Å²) >= 11 is 12.5. The number of hydrogen-bond donors (Lipinski definition) is 0. The summed E-state index contributed by atoms with van der Waals surface area (Å²) in [5.74, 6) is 6.77. The van der Waals surface area contributed by atoms with Crippen molar-refractivity contribution in [3.63, 3.8) is 0 Å². The second-order valence-corrected chi connectivity index (χ2v) is 20.3. The summed E-state index contributed by atoms with van der Waals surface area (Å²) in [6, 6.07) is 20.4. The van der Waals surface area contributed by atoms with Gasteiger partial charge in [-0.2, -0.15) is 0 Å². The lowest BCUT2D eigenvalue weighted by molar-refractivity contribution is 1.55. The monoisotopic (exact) mass is 490 g/mol. The van der Waals surface area contributed by atoms with Gasteiger partial charge in [0, 0.05) is 21.2 Å². The molecule has 0 amide bonds. The van der Waals surface area contributed by atoms with Crippen LogP contribution >= 0.6 is 23.2 Å². The summed E-state index contributed by atoms with van der Waals surface area (Å²) in [5.41, 5.74) is 13.3. The Labute approximate surface area is 205 Å². The van der Waals surface area contributed by atoms with Crippen molar-refractivity contribution in [2.45, 2.75) is 39.3 Å². The van der Waals surface area contributed by atoms with Crippen molar-refractivity contribution in [1.29, 1.82) is 0 Å². The molecule has 162 valence electrons. The van der Waals surface area contributed by atoms with Gasteiger partial charge < -0.3 is 0 Å². The Balaban J connectivity index is 2.04. The van der Waals surface area contributed by atoms with E-state index in [1.54, 1.807) is 0 Å². The summed E-state index contributed by atoms with van der Waals surface area (Å²) < 4.78 is 0. The van der Waals surface area contributed by atoms with Gasteiger partial charge >= 0.3 is 0 Å². The molecule has 4 heteroatoms. The first-order valence-electron chi connectivity index (χ1n) is 10.7. The van der Waals surface area contributed by atoms with Crippen LogP contribution in [0.1, 0.15) is 11.1 Å². The van der Waals surface area contributed by atoms with Crippen LogP contribution in [-0.4, -0.2) is 16.1 Å². The minimum Gasteiger partial charge on any atom is -0.127 e. The second kappa shape index (κ2) is 9.74. The fourth-order valence-electron chi connectivity index (χ4n) is 3.08. The Morgan fingerprint density at radius 3 is 1.19 bits per heavy atom. The van der Waals surface area contributed by atoms with E-state index in [0.29, 0.717) is 10.0 Å². The maximum atomic E-state index is 6.27. The highest BCUT2D eigenvalue weighted by atomic mass is 35.5. The normalized spacial score (nSPS) is 11.2. The fraction of sp³-hybridized carbons (Fsp3) is 0.214. The van der Waals surface area contributed by atoms with Gasteiger partial charge in [0.15, 0.2) is 0 Å². The number of rotatable bonds is 2. The first-order valence-corrected chi connectivity index (χ1v) is 18.4. The quantitative estimate of drug-likeness (QED) is 0.248. The predicted molar refractivity (Wildman–Crippen MR) is 148 cm³/mol. The molecule has 0 heterocycles. The molecule has 0 aromatic heterocycles. The molecule has 0 radical (unpaired) electrons. The Bertz CT molecular complexity index is 1150. The molecule has 0 N–H and O–H groups in total. The SMILES string of the molecule is C[Si](C)(C)C#Cc1cc(Cl)ccc1-c1ccc(-c2ccc(Cl)cc2C#C[Si](C)(C)C)cc1. The van der Waals surface area contributed by atoms with Gasteiger partial charge in [0.1, 0.15) is 16.1 Å². The van der Waals surface area contributed by atoms with Crippen LogP contribution in [0.2, 0.25) is 49.3 Å². The first-order chi connectivity index (χ1) is 14.9. The van der Waals surface area contributed by atoms with Crippen molar-refractivity contribution in [2.24, 2.45) is 0 Å². The molecule has 0 nitrogen and oxygen atoms in total. The Kier molecular flexibility index (Phi) is 7.44. The average molecular weight is 492 g/mol. The lowest BCUT2D eigenvalue weighted by Crippen LogP contribution is -2.16. The van der Waals surface area contributed by atoms with Crippen molar-refractivity contribution in [3.8, 4) is 45.2 Å². The maximum Gasteiger partial charge on any atom is 0.129 e. The van der Waals surface area contributed by atoms with Crippen molar-refractivity contribution in [1.82, 2.24) is 0 Å². The molecule has 0 aliphatic rings. The fourth-order valence-corrected chi connectivity index (χ4v) is 4.45. The Morgan fingerprint density at radius 1 is 0.531 bits per heavy atom. The molecule has 3 aromatic carbocycles. The van der Waals surface area contributed by atoms with Crippen LogP contribution in [0.25, 0.3) is 22.3 Å². The lowest BCUT2D eigenvalue weighted by atomic mass is 9.95. The molecule has 0 unspecified atom stereocenters. The molecule has 0 saturated carbocycles. The molecule has 32 heavy (non-hydrogen) atoms. The zero-order valence-corrected chi connectivity index (χ0v) is 23.0. The zero-order valence-electron chi connectivity index (χ0n) is 19.5. The third-order valence-electron chi connectivity index (χ3n) is 4.61. The Hall–Kier alpha value is -2.21. The molecule has 0 saturated heterocycles. The zero-order chi connectivity index (χ0) is 23.5. The topological polar surface area (TPSA) is 0 Å². The van der Waals surface area contributed by atoms with E-state index in [9.17, 15) is 0 Å². The van der Waals surface area contributed by atoms with Gasteiger partial charge in [-0.3, -0.25) is 0 Å². The second-order valence-electron chi connectivity index (χ2n) is 9.96. The molecular formula is C28H28Cl2Si2. The van der Waals surface area contributed by atoms with Gasteiger partial charge in [0.2, 0.25) is 0 Å². The van der Waals surface area contributed by atoms with Crippen LogP contribution in [0.4, 0.5) is 0 Å². The lowest BCUT2D eigenvalue weighted by Gasteiger charge is -2.11. The maximum absolute atomic E-state index is 6.27. The minimum atomic E-state index is -1.49. The van der Waals surface area contributed by atoms with Gasteiger partial charge in [-0.25, -0.2) is 0 Å². The smallest absolute Gasteiger partial charge is 0.127 e. The highest BCUT2D eigenvalue weighted by molar-refractivity contribution is 6.84. The molecule has 0 bridgehead atoms. The van der Waals surface area contributed by atoms with E-state index >= 15 is 0 Å². The van der Waals surface area contributed by atoms with Crippen molar-refractivity contribution in [3.05, 3.63) is 81.8 Å². The minimum absolute atomic E-state index is 0.706. The molecule has 0 spiro atoms. The summed E-state index contributed by atoms with van der Waals surface area (Å²) in [4.78, 5) is 0. The standard InChI is InChI=1S/C28H28Cl2Si2/c1-31(2,3)17-15-23-19-25(29)11-13-27(23)21-7-9-22(10-8-21)28-14-12-26(30)20-24(28)16-18-32(4,5)6/h7-14,19-20H,1-6H3. The van der Waals surface area contributed by atoms with Crippen molar-refractivity contribution >= 4 is 39.3 Å². The van der Waals surface area contributed by atoms with Crippen LogP contribution in [0.5, 0.6) is 0 Å². The summed E-state index contributed by atoms with van der Waals surface area (Å²) in [6.45, 7) is 13.5. The molecule has 0 aliphatic carbocycles. The van der Waals surface area contributed by atoms with Crippen LogP contribution in [0.3, 0.4) is 0 Å². The van der Waals surface area contributed by atoms with E-state index in [1.807, 2.05) is 24.3 Å². The van der Waals surface area contributed by atoms with Crippen LogP contribution in [-0.2, 0) is 0 Å². The van der Waals surface area contributed by atoms with E-state index in [0.717, 1.165) is 33.4 Å². The van der Waals surface area contributed by atoms with Gasteiger partial charge in [-0.05, 0) is 46.5 Å². The molecule has 0 fully saturated rings. The van der Waals surface area contributed by atoms with Crippen molar-refractivity contribution in [2.75, 3.05) is 0 Å². The Morgan fingerprint density at radius 2 is 0.875 bits per heavy atom. The van der Waals surface area contributed by atoms with E-state index in [-0.39, 0.29) is 0 Å². The van der Waals surface area contributed by atoms with Crippen molar-refractivity contribution < 1.29 is 0 Å². The number of halogens is 2. The van der Waals surface area contributed by atoms with Crippen LogP contribution in [0, 0.1) is 22.9 Å². The molecular weight excluding hydrogens is 463 g/mol. The van der Waals surface area contributed by atoms with Crippen LogP contribution < -0.4 is 0 Å². The molecule has 3 rings (SSSR count). The average Bonchev–Trinajstić information content (AvgIpc) is 2.70. The summed E-state index contributed by atoms with van der Waals surface area (Å²) in [7, 11) is -2.98. The van der Waals surface area contributed by atoms with Gasteiger partial charge in [-0.1, -0.05) is 111 Å². The van der Waals surface area contributed by atoms with E-state index in [4.69, 9.17) is 23.2 Å². The van der Waals surface area contributed by atoms with Gasteiger partial charge in [0.05, 0.1) is 0 Å². The highest BCUT2D eigenvalue weighted by Crippen LogP contribution is 2.31. The summed E-state index contributed by atoms with van der Waals surface area (Å²) in [6.07, 6.45) is 0. The third kappa shape index (κ3) is 6.90. The van der Waals surface area contributed by atoms with E-state index in [2.05, 4.69) is 98.6 Å². The third-order valence-corrected chi connectivity index (χ3v) is 6.83. The molecule has 0 atom stereocenters. The molecule has 3 aromatic rings. The summed E-state index contributed by atoms with van der Waals surface area (Å²) in [5, 5.41) is 1.41. The first kappa shape index (κ1) is 24.4. The van der Waals surface area contributed by atoms with E-state index < -0.39 is 16.1 Å². The molecule has 0 aliphatic heterocycles.